The van der Waals surface area contributed by atoms with Crippen LogP contribution in [0.15, 0.2) is 41.5 Å². The molecule has 8 heteroatoms. The van der Waals surface area contributed by atoms with Gasteiger partial charge < -0.3 is 10.2 Å². The molecule has 1 aliphatic carbocycles. The third-order valence-electron chi connectivity index (χ3n) is 6.82. The lowest BCUT2D eigenvalue weighted by Crippen LogP contribution is -2.53. The van der Waals surface area contributed by atoms with Gasteiger partial charge in [0.15, 0.2) is 5.82 Å². The number of aromatic amines is 1. The Morgan fingerprint density at radius 1 is 1.13 bits per heavy atom. The predicted octanol–water partition coefficient (Wildman–Crippen LogP) is 4.28. The molecule has 3 aromatic rings. The number of halogens is 1. The zero-order valence-electron chi connectivity index (χ0n) is 17.6. The highest BCUT2D eigenvalue weighted by Gasteiger charge is 2.49. The summed E-state index contributed by atoms with van der Waals surface area (Å²) in [4.78, 5) is 14.7. The molecule has 0 unspecified atom stereocenters. The highest BCUT2D eigenvalue weighted by atomic mass is 35.5. The van der Waals surface area contributed by atoms with Crippen molar-refractivity contribution in [3.8, 4) is 0 Å². The van der Waals surface area contributed by atoms with E-state index in [-0.39, 0.29) is 0 Å². The number of fused-ring (bicyclic) bond motifs is 2. The van der Waals surface area contributed by atoms with E-state index in [1.807, 2.05) is 37.4 Å². The normalized spacial score (nSPS) is 19.3. The Hall–Kier alpha value is -2.90. The average molecular weight is 434 g/mol. The Kier molecular flexibility index (Phi) is 4.13. The highest BCUT2D eigenvalue weighted by Crippen LogP contribution is 2.44. The molecule has 1 saturated carbocycles. The van der Waals surface area contributed by atoms with Crippen LogP contribution in [0.1, 0.15) is 29.7 Å². The second-order valence-corrected chi connectivity index (χ2v) is 9.17. The van der Waals surface area contributed by atoms with Crippen molar-refractivity contribution in [1.82, 2.24) is 20.1 Å². The molecule has 2 fully saturated rings. The first-order chi connectivity index (χ1) is 15.0. The third kappa shape index (κ3) is 3.03. The van der Waals surface area contributed by atoms with Crippen LogP contribution in [-0.2, 0) is 0 Å². The van der Waals surface area contributed by atoms with Gasteiger partial charge in [0.05, 0.1) is 17.1 Å². The number of aromatic nitrogens is 3. The Morgan fingerprint density at radius 3 is 2.77 bits per heavy atom. The van der Waals surface area contributed by atoms with Crippen molar-refractivity contribution in [1.29, 1.82) is 0 Å². The molecule has 0 atom stereocenters. The molecule has 1 spiro atoms. The number of piperazine rings is 1. The second-order valence-electron chi connectivity index (χ2n) is 8.77. The van der Waals surface area contributed by atoms with Crippen LogP contribution >= 0.6 is 11.6 Å². The molecule has 4 heterocycles. The first-order valence-electron chi connectivity index (χ1n) is 10.7. The average Bonchev–Trinajstić information content (AvgIpc) is 3.50. The Bertz CT molecular complexity index is 1210. The summed E-state index contributed by atoms with van der Waals surface area (Å²) in [5.41, 5.74) is 5.57. The summed E-state index contributed by atoms with van der Waals surface area (Å²) in [6.45, 7) is 5.03. The van der Waals surface area contributed by atoms with Crippen LogP contribution in [0.4, 0.5) is 23.0 Å². The number of aryl methyl sites for hydroxylation is 1. The van der Waals surface area contributed by atoms with Gasteiger partial charge in [0.1, 0.15) is 11.5 Å². The van der Waals surface area contributed by atoms with Gasteiger partial charge in [-0.25, -0.2) is 9.98 Å². The number of pyridine rings is 1. The summed E-state index contributed by atoms with van der Waals surface area (Å²) in [7, 11) is 2.24. The lowest BCUT2D eigenvalue weighted by molar-refractivity contribution is 0.198. The zero-order chi connectivity index (χ0) is 21.2. The van der Waals surface area contributed by atoms with Crippen LogP contribution in [0, 0.1) is 6.92 Å². The Labute approximate surface area is 186 Å². The minimum absolute atomic E-state index is 0.330. The van der Waals surface area contributed by atoms with Crippen LogP contribution in [0.3, 0.4) is 0 Å². The molecular weight excluding hydrogens is 410 g/mol. The quantitative estimate of drug-likeness (QED) is 0.493. The van der Waals surface area contributed by atoms with Gasteiger partial charge in [0.2, 0.25) is 0 Å². The number of nitrogens with zero attached hydrogens (tertiary/aromatic N) is 5. The third-order valence-corrected chi connectivity index (χ3v) is 7.15. The van der Waals surface area contributed by atoms with E-state index in [0.29, 0.717) is 10.6 Å². The van der Waals surface area contributed by atoms with Gasteiger partial charge in [0.25, 0.3) is 0 Å². The monoisotopic (exact) mass is 433 g/mol. The fraction of sp³-hybridized carbons (Fsp3) is 0.348. The van der Waals surface area contributed by atoms with Crippen LogP contribution < -0.4 is 10.2 Å². The molecule has 2 aliphatic heterocycles. The minimum Gasteiger partial charge on any atom is -0.353 e. The van der Waals surface area contributed by atoms with Gasteiger partial charge in [0, 0.05) is 53.6 Å². The van der Waals surface area contributed by atoms with E-state index in [9.17, 15) is 0 Å². The van der Waals surface area contributed by atoms with Gasteiger partial charge in [-0.15, -0.1) is 0 Å². The summed E-state index contributed by atoms with van der Waals surface area (Å²) < 4.78 is 0. The van der Waals surface area contributed by atoms with E-state index in [1.165, 1.54) is 12.8 Å². The van der Waals surface area contributed by atoms with E-state index in [1.54, 1.807) is 0 Å². The maximum absolute atomic E-state index is 6.57. The maximum atomic E-state index is 6.57. The number of anilines is 3. The molecule has 3 aliphatic rings. The number of hydrogen-bond acceptors (Lipinski definition) is 6. The highest BCUT2D eigenvalue weighted by molar-refractivity contribution is 6.36. The lowest BCUT2D eigenvalue weighted by Gasteiger charge is -2.40. The van der Waals surface area contributed by atoms with Gasteiger partial charge in [-0.1, -0.05) is 29.8 Å². The van der Waals surface area contributed by atoms with Crippen molar-refractivity contribution in [3.63, 3.8) is 0 Å². The number of nitrogens with one attached hydrogen (secondary N) is 2. The number of aliphatic imine (C=N–C) groups is 1. The number of H-pyrrole nitrogens is 1. The lowest BCUT2D eigenvalue weighted by atomic mass is 10.0. The molecule has 2 N–H and O–H groups in total. The fourth-order valence-corrected chi connectivity index (χ4v) is 4.88. The predicted molar refractivity (Wildman–Crippen MR) is 124 cm³/mol. The fourth-order valence-electron chi connectivity index (χ4n) is 4.66. The largest absolute Gasteiger partial charge is 0.353 e. The zero-order valence-corrected chi connectivity index (χ0v) is 18.4. The van der Waals surface area contributed by atoms with Crippen molar-refractivity contribution >= 4 is 40.3 Å². The summed E-state index contributed by atoms with van der Waals surface area (Å²) in [6.07, 6.45) is 4.45. The van der Waals surface area contributed by atoms with Gasteiger partial charge in [-0.05, 0) is 32.9 Å². The summed E-state index contributed by atoms with van der Waals surface area (Å²) >= 11 is 6.57. The minimum atomic E-state index is 0.330. The van der Waals surface area contributed by atoms with Crippen LogP contribution in [0.5, 0.6) is 0 Å². The number of hydrogen-bond donors (Lipinski definition) is 2. The SMILES string of the molecule is Cc1[nH]nc2c1N=C(c1ccccc1Cl)c1cnc(N3CCN(C)C4(CC4)C3)cc1N2. The van der Waals surface area contributed by atoms with Crippen LogP contribution in [0.2, 0.25) is 5.02 Å². The Morgan fingerprint density at radius 2 is 1.97 bits per heavy atom. The number of rotatable bonds is 2. The first-order valence-corrected chi connectivity index (χ1v) is 11.0. The molecule has 6 rings (SSSR count). The number of benzene rings is 1. The van der Waals surface area contributed by atoms with E-state index >= 15 is 0 Å². The Balaban J connectivity index is 1.46. The van der Waals surface area contributed by atoms with Gasteiger partial charge in [-0.2, -0.15) is 5.10 Å². The van der Waals surface area contributed by atoms with E-state index in [4.69, 9.17) is 21.6 Å². The molecule has 0 amide bonds. The molecule has 31 heavy (non-hydrogen) atoms. The molecule has 1 saturated heterocycles. The summed E-state index contributed by atoms with van der Waals surface area (Å²) in [5, 5.41) is 11.6. The standard InChI is InChI=1S/C23H24ClN7/c1-14-20-22(29-28-14)26-18-11-19(31-10-9-30(2)23(13-31)7-8-23)25-12-16(18)21(27-20)15-5-3-4-6-17(15)24/h3-6,11-12H,7-10,13H2,1-2H3,(H2,26,28,29). The molecule has 1 aromatic carbocycles. The van der Waals surface area contributed by atoms with Crippen LogP contribution in [0.25, 0.3) is 0 Å². The topological polar surface area (TPSA) is 72.4 Å². The van der Waals surface area contributed by atoms with Crippen LogP contribution in [-0.4, -0.2) is 58.0 Å². The maximum Gasteiger partial charge on any atom is 0.178 e. The summed E-state index contributed by atoms with van der Waals surface area (Å²) in [6, 6.07) is 9.92. The van der Waals surface area contributed by atoms with Crippen molar-refractivity contribution < 1.29 is 0 Å². The van der Waals surface area contributed by atoms with Crippen molar-refractivity contribution in [2.45, 2.75) is 25.3 Å². The van der Waals surface area contributed by atoms with Crippen molar-refractivity contribution in [2.75, 3.05) is 36.9 Å². The smallest absolute Gasteiger partial charge is 0.178 e. The summed E-state index contributed by atoms with van der Waals surface area (Å²) in [5.74, 6) is 1.70. The van der Waals surface area contributed by atoms with E-state index in [2.05, 4.69) is 38.4 Å². The molecule has 2 aromatic heterocycles. The first kappa shape index (κ1) is 18.8. The molecule has 158 valence electrons. The van der Waals surface area contributed by atoms with Gasteiger partial charge >= 0.3 is 0 Å². The molecule has 7 nitrogen and oxygen atoms in total. The van der Waals surface area contributed by atoms with Gasteiger partial charge in [-0.3, -0.25) is 10.00 Å². The molecular formula is C23H24ClN7. The van der Waals surface area contributed by atoms with Crippen molar-refractivity contribution in [2.24, 2.45) is 4.99 Å². The molecule has 0 radical (unpaired) electrons. The molecule has 0 bridgehead atoms. The van der Waals surface area contributed by atoms with Crippen molar-refractivity contribution in [3.05, 3.63) is 58.4 Å². The number of likely N-dealkylation sites (N-methyl/N-ethyl adjacent to an activating group) is 1. The van der Waals surface area contributed by atoms with E-state index < -0.39 is 0 Å². The van der Waals surface area contributed by atoms with E-state index in [0.717, 1.165) is 65.2 Å². The second kappa shape index (κ2) is 6.80.